The van der Waals surface area contributed by atoms with Gasteiger partial charge in [-0.3, -0.25) is 9.59 Å². The van der Waals surface area contributed by atoms with Crippen LogP contribution in [0.5, 0.6) is 11.5 Å². The molecule has 2 aromatic carbocycles. The monoisotopic (exact) mass is 538 g/mol. The smallest absolute Gasteiger partial charge is 0.261 e. The van der Waals surface area contributed by atoms with Gasteiger partial charge in [0.25, 0.3) is 5.91 Å². The van der Waals surface area contributed by atoms with Crippen LogP contribution in [0, 0.1) is 3.57 Å². The van der Waals surface area contributed by atoms with Crippen molar-refractivity contribution in [3.8, 4) is 11.5 Å². The van der Waals surface area contributed by atoms with Crippen molar-refractivity contribution in [2.45, 2.75) is 52.2 Å². The zero-order chi connectivity index (χ0) is 23.0. The number of carbonyl (C=O) groups excluding carboxylic acids is 2. The topological polar surface area (TPSA) is 67.9 Å². The van der Waals surface area contributed by atoms with Crippen LogP contribution < -0.4 is 14.8 Å². The summed E-state index contributed by atoms with van der Waals surface area (Å²) in [5, 5.41) is 3.00. The largest absolute Gasteiger partial charge is 0.497 e. The Hall–Kier alpha value is -2.29. The van der Waals surface area contributed by atoms with Crippen LogP contribution in [0.25, 0.3) is 0 Å². The van der Waals surface area contributed by atoms with Crippen molar-refractivity contribution in [3.05, 3.63) is 57.7 Å². The van der Waals surface area contributed by atoms with Crippen molar-refractivity contribution in [2.24, 2.45) is 0 Å². The normalized spacial score (nSPS) is 12.1. The third-order valence-electron chi connectivity index (χ3n) is 4.57. The molecule has 0 unspecified atom stereocenters. The molecule has 1 atom stereocenters. The Morgan fingerprint density at radius 1 is 1.03 bits per heavy atom. The third-order valence-corrected chi connectivity index (χ3v) is 5.29. The molecule has 6 nitrogen and oxygen atoms in total. The predicted molar refractivity (Wildman–Crippen MR) is 130 cm³/mol. The van der Waals surface area contributed by atoms with Gasteiger partial charge in [-0.2, -0.15) is 0 Å². The number of benzene rings is 2. The first-order chi connectivity index (χ1) is 14.6. The SMILES string of the molecule is CC[C@H](C(=O)NC(C)(C)C)N(Cc1ccc(OC)cc1)C(=O)COc1ccc(I)cc1. The molecule has 0 aromatic heterocycles. The van der Waals surface area contributed by atoms with Gasteiger partial charge in [0, 0.05) is 15.7 Å². The number of amides is 2. The fourth-order valence-corrected chi connectivity index (χ4v) is 3.42. The number of hydrogen-bond acceptors (Lipinski definition) is 4. The lowest BCUT2D eigenvalue weighted by molar-refractivity contribution is -0.143. The number of halogens is 1. The molecule has 0 bridgehead atoms. The van der Waals surface area contributed by atoms with Crippen LogP contribution in [-0.4, -0.2) is 42.0 Å². The van der Waals surface area contributed by atoms with Gasteiger partial charge >= 0.3 is 0 Å². The van der Waals surface area contributed by atoms with E-state index in [1.165, 1.54) is 0 Å². The Balaban J connectivity index is 2.22. The number of carbonyl (C=O) groups is 2. The van der Waals surface area contributed by atoms with Gasteiger partial charge in [-0.05, 0) is 91.7 Å². The van der Waals surface area contributed by atoms with E-state index in [4.69, 9.17) is 9.47 Å². The summed E-state index contributed by atoms with van der Waals surface area (Å²) in [7, 11) is 1.61. The van der Waals surface area contributed by atoms with Gasteiger partial charge < -0.3 is 19.7 Å². The number of rotatable bonds is 9. The third kappa shape index (κ3) is 8.05. The molecule has 0 saturated heterocycles. The van der Waals surface area contributed by atoms with E-state index in [0.29, 0.717) is 18.7 Å². The Bertz CT molecular complexity index is 861. The van der Waals surface area contributed by atoms with Crippen LogP contribution in [0.3, 0.4) is 0 Å². The molecule has 168 valence electrons. The van der Waals surface area contributed by atoms with Crippen LogP contribution in [0.4, 0.5) is 0 Å². The highest BCUT2D eigenvalue weighted by Gasteiger charge is 2.30. The lowest BCUT2D eigenvalue weighted by Gasteiger charge is -2.33. The summed E-state index contributed by atoms with van der Waals surface area (Å²) < 4.78 is 12.0. The molecule has 0 fully saturated rings. The van der Waals surface area contributed by atoms with Crippen molar-refractivity contribution < 1.29 is 19.1 Å². The van der Waals surface area contributed by atoms with E-state index in [0.717, 1.165) is 14.9 Å². The average Bonchev–Trinajstić information content (AvgIpc) is 2.72. The van der Waals surface area contributed by atoms with Crippen molar-refractivity contribution in [3.63, 3.8) is 0 Å². The van der Waals surface area contributed by atoms with Gasteiger partial charge in [0.2, 0.25) is 5.91 Å². The fourth-order valence-electron chi connectivity index (χ4n) is 3.06. The highest BCUT2D eigenvalue weighted by Crippen LogP contribution is 2.18. The van der Waals surface area contributed by atoms with Gasteiger partial charge in [0.15, 0.2) is 6.61 Å². The quantitative estimate of drug-likeness (QED) is 0.481. The van der Waals surface area contributed by atoms with E-state index in [2.05, 4.69) is 27.9 Å². The zero-order valence-corrected chi connectivity index (χ0v) is 20.9. The Morgan fingerprint density at radius 2 is 1.61 bits per heavy atom. The second kappa shape index (κ2) is 11.4. The van der Waals surface area contributed by atoms with Crippen LogP contribution in [0.15, 0.2) is 48.5 Å². The second-order valence-corrected chi connectivity index (χ2v) is 9.52. The molecule has 0 saturated carbocycles. The molecular weight excluding hydrogens is 507 g/mol. The van der Waals surface area contributed by atoms with Gasteiger partial charge in [-0.25, -0.2) is 0 Å². The van der Waals surface area contributed by atoms with Crippen molar-refractivity contribution in [1.29, 1.82) is 0 Å². The molecule has 0 spiro atoms. The van der Waals surface area contributed by atoms with E-state index in [1.807, 2.05) is 76.2 Å². The standard InChI is InChI=1S/C24H31IN2O4/c1-6-21(23(29)26-24(2,3)4)27(15-17-7-11-19(30-5)12-8-17)22(28)16-31-20-13-9-18(25)10-14-20/h7-14,21H,6,15-16H2,1-5H3,(H,26,29)/t21-/m1/s1. The molecule has 7 heteroatoms. The molecule has 0 aliphatic heterocycles. The minimum absolute atomic E-state index is 0.143. The molecule has 2 amide bonds. The molecule has 0 aliphatic carbocycles. The Morgan fingerprint density at radius 3 is 2.13 bits per heavy atom. The van der Waals surface area contributed by atoms with Crippen LogP contribution in [0.1, 0.15) is 39.7 Å². The van der Waals surface area contributed by atoms with Crippen LogP contribution in [0.2, 0.25) is 0 Å². The molecule has 2 aromatic rings. The summed E-state index contributed by atoms with van der Waals surface area (Å²) in [6, 6.07) is 14.4. The number of methoxy groups -OCH3 is 1. The average molecular weight is 538 g/mol. The first kappa shape index (κ1) is 25.0. The van der Waals surface area contributed by atoms with Crippen molar-refractivity contribution in [1.82, 2.24) is 10.2 Å². The summed E-state index contributed by atoms with van der Waals surface area (Å²) in [5.74, 6) is 0.933. The lowest BCUT2D eigenvalue weighted by atomic mass is 10.1. The minimum Gasteiger partial charge on any atom is -0.497 e. The number of ether oxygens (including phenoxy) is 2. The molecular formula is C24H31IN2O4. The van der Waals surface area contributed by atoms with E-state index in [9.17, 15) is 9.59 Å². The molecule has 0 radical (unpaired) electrons. The van der Waals surface area contributed by atoms with Crippen LogP contribution in [-0.2, 0) is 16.1 Å². The summed E-state index contributed by atoms with van der Waals surface area (Å²) in [6.45, 7) is 7.83. The second-order valence-electron chi connectivity index (χ2n) is 8.28. The highest BCUT2D eigenvalue weighted by atomic mass is 127. The zero-order valence-electron chi connectivity index (χ0n) is 18.8. The summed E-state index contributed by atoms with van der Waals surface area (Å²) in [4.78, 5) is 27.7. The van der Waals surface area contributed by atoms with E-state index >= 15 is 0 Å². The van der Waals surface area contributed by atoms with E-state index in [-0.39, 0.29) is 18.4 Å². The summed E-state index contributed by atoms with van der Waals surface area (Å²) in [5.41, 5.74) is 0.516. The van der Waals surface area contributed by atoms with Gasteiger partial charge in [0.1, 0.15) is 17.5 Å². The molecule has 0 heterocycles. The minimum atomic E-state index is -0.603. The highest BCUT2D eigenvalue weighted by molar-refractivity contribution is 14.1. The maximum absolute atomic E-state index is 13.2. The van der Waals surface area contributed by atoms with Crippen molar-refractivity contribution >= 4 is 34.4 Å². The predicted octanol–water partition coefficient (Wildman–Crippen LogP) is 4.40. The van der Waals surface area contributed by atoms with Gasteiger partial charge in [-0.1, -0.05) is 19.1 Å². The van der Waals surface area contributed by atoms with Crippen LogP contribution >= 0.6 is 22.6 Å². The van der Waals surface area contributed by atoms with Gasteiger partial charge in [0.05, 0.1) is 7.11 Å². The number of hydrogen-bond donors (Lipinski definition) is 1. The van der Waals surface area contributed by atoms with Crippen molar-refractivity contribution in [2.75, 3.05) is 13.7 Å². The van der Waals surface area contributed by atoms with E-state index in [1.54, 1.807) is 12.0 Å². The molecule has 0 aliphatic rings. The molecule has 31 heavy (non-hydrogen) atoms. The Labute approximate surface area is 198 Å². The number of nitrogens with zero attached hydrogens (tertiary/aromatic N) is 1. The summed E-state index contributed by atoms with van der Waals surface area (Å²) >= 11 is 2.21. The van der Waals surface area contributed by atoms with E-state index < -0.39 is 11.6 Å². The molecule has 1 N–H and O–H groups in total. The number of nitrogens with one attached hydrogen (secondary N) is 1. The first-order valence-corrected chi connectivity index (χ1v) is 11.3. The van der Waals surface area contributed by atoms with Gasteiger partial charge in [-0.15, -0.1) is 0 Å². The maximum atomic E-state index is 13.2. The molecule has 2 rings (SSSR count). The first-order valence-electron chi connectivity index (χ1n) is 10.3. The Kier molecular flexibility index (Phi) is 9.15. The maximum Gasteiger partial charge on any atom is 0.261 e. The summed E-state index contributed by atoms with van der Waals surface area (Å²) in [6.07, 6.45) is 0.493. The lowest BCUT2D eigenvalue weighted by Crippen LogP contribution is -2.54. The fraction of sp³-hybridized carbons (Fsp3) is 0.417.